The Labute approximate surface area is 192 Å². The van der Waals surface area contributed by atoms with Gasteiger partial charge in [0, 0.05) is 38.3 Å². The van der Waals surface area contributed by atoms with E-state index in [2.05, 4.69) is 25.7 Å². The van der Waals surface area contributed by atoms with Gasteiger partial charge in [0.1, 0.15) is 12.4 Å². The van der Waals surface area contributed by atoms with E-state index < -0.39 is 0 Å². The molecule has 2 aliphatic carbocycles. The largest absolute Gasteiger partial charge is 0.354 e. The van der Waals surface area contributed by atoms with Gasteiger partial charge in [0.05, 0.1) is 0 Å². The Hall–Kier alpha value is -0.900. The summed E-state index contributed by atoms with van der Waals surface area (Å²) in [6, 6.07) is 1.87. The minimum absolute atomic E-state index is 0. The number of hydrogen-bond donors (Lipinski definition) is 2. The number of halogens is 1. The summed E-state index contributed by atoms with van der Waals surface area (Å²) in [6.45, 7) is 4.93. The van der Waals surface area contributed by atoms with Gasteiger partial charge in [0.15, 0.2) is 11.8 Å². The van der Waals surface area contributed by atoms with Gasteiger partial charge in [-0.05, 0) is 39.0 Å². The minimum atomic E-state index is 0. The summed E-state index contributed by atoms with van der Waals surface area (Å²) in [5.74, 6) is 2.81. The molecule has 2 heterocycles. The second-order valence-corrected chi connectivity index (χ2v) is 8.93. The van der Waals surface area contributed by atoms with Gasteiger partial charge in [-0.15, -0.1) is 34.2 Å². The van der Waals surface area contributed by atoms with E-state index in [4.69, 9.17) is 4.99 Å². The third kappa shape index (κ3) is 6.06. The van der Waals surface area contributed by atoms with E-state index in [9.17, 15) is 0 Å². The summed E-state index contributed by atoms with van der Waals surface area (Å²) in [5, 5.41) is 15.9. The molecule has 2 N–H and O–H groups in total. The van der Waals surface area contributed by atoms with Crippen molar-refractivity contribution in [1.82, 2.24) is 30.3 Å². The molecule has 0 aromatic carbocycles. The lowest BCUT2D eigenvalue weighted by Gasteiger charge is -2.27. The highest BCUT2D eigenvalue weighted by molar-refractivity contribution is 14.0. The molecule has 3 fully saturated rings. The van der Waals surface area contributed by atoms with E-state index in [1.807, 2.05) is 18.5 Å². The molecule has 1 atom stereocenters. The first kappa shape index (κ1) is 22.8. The van der Waals surface area contributed by atoms with Crippen LogP contribution in [0.15, 0.2) is 4.99 Å². The van der Waals surface area contributed by atoms with Crippen LogP contribution in [0, 0.1) is 6.92 Å². The fourth-order valence-corrected chi connectivity index (χ4v) is 5.01. The molecule has 3 aliphatic rings. The van der Waals surface area contributed by atoms with Crippen LogP contribution in [-0.2, 0) is 13.6 Å². The number of guanidine groups is 1. The van der Waals surface area contributed by atoms with Gasteiger partial charge in [0.2, 0.25) is 0 Å². The zero-order valence-electron chi connectivity index (χ0n) is 18.1. The van der Waals surface area contributed by atoms with E-state index in [0.29, 0.717) is 18.6 Å². The van der Waals surface area contributed by atoms with E-state index in [-0.39, 0.29) is 24.0 Å². The predicted molar refractivity (Wildman–Crippen MR) is 128 cm³/mol. The fourth-order valence-electron chi connectivity index (χ4n) is 5.01. The van der Waals surface area contributed by atoms with Crippen LogP contribution in [0.3, 0.4) is 0 Å². The minimum Gasteiger partial charge on any atom is -0.354 e. The van der Waals surface area contributed by atoms with Crippen molar-refractivity contribution in [3.63, 3.8) is 0 Å². The highest BCUT2D eigenvalue weighted by Crippen LogP contribution is 2.26. The molecule has 4 rings (SSSR count). The van der Waals surface area contributed by atoms with Crippen molar-refractivity contribution in [2.24, 2.45) is 12.0 Å². The van der Waals surface area contributed by atoms with Gasteiger partial charge in [-0.2, -0.15) is 0 Å². The molecule has 164 valence electrons. The Morgan fingerprint density at radius 2 is 1.66 bits per heavy atom. The average Bonchev–Trinajstić information content (AvgIpc) is 3.44. The van der Waals surface area contributed by atoms with Gasteiger partial charge in [0.25, 0.3) is 0 Å². The molecule has 8 heteroatoms. The first-order valence-corrected chi connectivity index (χ1v) is 11.4. The molecule has 0 spiro atoms. The van der Waals surface area contributed by atoms with Crippen LogP contribution < -0.4 is 10.6 Å². The monoisotopic (exact) mass is 515 g/mol. The highest BCUT2D eigenvalue weighted by atomic mass is 127. The number of aromatic nitrogens is 3. The summed E-state index contributed by atoms with van der Waals surface area (Å²) < 4.78 is 2.03. The lowest BCUT2D eigenvalue weighted by atomic mass is 9.96. The zero-order valence-corrected chi connectivity index (χ0v) is 20.4. The van der Waals surface area contributed by atoms with Crippen molar-refractivity contribution in [2.75, 3.05) is 13.1 Å². The van der Waals surface area contributed by atoms with Crippen molar-refractivity contribution in [3.8, 4) is 0 Å². The van der Waals surface area contributed by atoms with Crippen LogP contribution in [0.25, 0.3) is 0 Å². The quantitative estimate of drug-likeness (QED) is 0.358. The third-order valence-electron chi connectivity index (χ3n) is 6.91. The molecule has 0 bridgehead atoms. The topological polar surface area (TPSA) is 70.4 Å². The predicted octanol–water partition coefficient (Wildman–Crippen LogP) is 3.13. The smallest absolute Gasteiger partial charge is 0.192 e. The van der Waals surface area contributed by atoms with Gasteiger partial charge in [-0.3, -0.25) is 4.90 Å². The van der Waals surface area contributed by atoms with Crippen LogP contribution in [-0.4, -0.2) is 56.8 Å². The number of likely N-dealkylation sites (tertiary alicyclic amines) is 1. The van der Waals surface area contributed by atoms with Crippen LogP contribution in [0.4, 0.5) is 0 Å². The zero-order chi connectivity index (χ0) is 19.3. The van der Waals surface area contributed by atoms with Gasteiger partial charge in [-0.1, -0.05) is 32.1 Å². The Balaban J connectivity index is 0.00000240. The van der Waals surface area contributed by atoms with Crippen LogP contribution in [0.1, 0.15) is 75.9 Å². The maximum atomic E-state index is 4.90. The third-order valence-corrected chi connectivity index (χ3v) is 6.91. The van der Waals surface area contributed by atoms with Crippen LogP contribution in [0.2, 0.25) is 0 Å². The van der Waals surface area contributed by atoms with Crippen LogP contribution in [0.5, 0.6) is 0 Å². The number of nitrogens with one attached hydrogen (secondary N) is 2. The van der Waals surface area contributed by atoms with Crippen molar-refractivity contribution in [3.05, 3.63) is 11.6 Å². The molecule has 0 amide bonds. The summed E-state index contributed by atoms with van der Waals surface area (Å²) in [6.07, 6.45) is 13.3. The number of rotatable bonds is 5. The molecule has 1 aromatic rings. The van der Waals surface area contributed by atoms with Gasteiger partial charge in [-0.25, -0.2) is 4.99 Å². The standard InChI is InChI=1S/C21H37N7.HI/c1-16-25-26-20(27(16)2)14-22-21(23-17-8-4-3-5-9-17)24-18-12-13-28(15-18)19-10-6-7-11-19;/h17-19H,3-15H2,1-2H3,(H2,22,23,24);1H. The fraction of sp³-hybridized carbons (Fsp3) is 0.857. The summed E-state index contributed by atoms with van der Waals surface area (Å²) in [7, 11) is 2.01. The summed E-state index contributed by atoms with van der Waals surface area (Å²) in [4.78, 5) is 7.60. The Bertz CT molecular complexity index is 662. The molecule has 7 nitrogen and oxygen atoms in total. The van der Waals surface area contributed by atoms with Crippen molar-refractivity contribution >= 4 is 29.9 Å². The van der Waals surface area contributed by atoms with E-state index in [1.165, 1.54) is 70.8 Å². The molecule has 0 radical (unpaired) electrons. The van der Waals surface area contributed by atoms with Gasteiger partial charge < -0.3 is 15.2 Å². The Kier molecular flexibility index (Phi) is 8.58. The summed E-state index contributed by atoms with van der Waals surface area (Å²) >= 11 is 0. The maximum Gasteiger partial charge on any atom is 0.192 e. The lowest BCUT2D eigenvalue weighted by molar-refractivity contribution is 0.242. The van der Waals surface area contributed by atoms with E-state index >= 15 is 0 Å². The van der Waals surface area contributed by atoms with E-state index in [1.54, 1.807) is 0 Å². The normalized spacial score (nSPS) is 24.6. The number of aryl methyl sites for hydroxylation is 1. The molecule has 1 saturated heterocycles. The summed E-state index contributed by atoms with van der Waals surface area (Å²) in [5.41, 5.74) is 0. The molecule has 1 unspecified atom stereocenters. The molecular formula is C21H38IN7. The number of nitrogens with zero attached hydrogens (tertiary/aromatic N) is 5. The first-order valence-electron chi connectivity index (χ1n) is 11.4. The number of aliphatic imine (C=N–C) groups is 1. The maximum absolute atomic E-state index is 4.90. The molecular weight excluding hydrogens is 477 g/mol. The molecule has 2 saturated carbocycles. The SMILES string of the molecule is Cc1nnc(CN=C(NC2CCCCC2)NC2CCN(C3CCCC3)C2)n1C.I. The highest BCUT2D eigenvalue weighted by Gasteiger charge is 2.30. The Morgan fingerprint density at radius 3 is 2.34 bits per heavy atom. The first-order chi connectivity index (χ1) is 13.7. The van der Waals surface area contributed by atoms with Crippen molar-refractivity contribution in [1.29, 1.82) is 0 Å². The molecule has 1 aliphatic heterocycles. The second kappa shape index (κ2) is 10.9. The Morgan fingerprint density at radius 1 is 0.966 bits per heavy atom. The van der Waals surface area contributed by atoms with Gasteiger partial charge >= 0.3 is 0 Å². The average molecular weight is 515 g/mol. The molecule has 1 aromatic heterocycles. The number of hydrogen-bond acceptors (Lipinski definition) is 4. The van der Waals surface area contributed by atoms with Crippen LogP contribution >= 0.6 is 24.0 Å². The van der Waals surface area contributed by atoms with Crippen molar-refractivity contribution < 1.29 is 0 Å². The molecule has 29 heavy (non-hydrogen) atoms. The van der Waals surface area contributed by atoms with E-state index in [0.717, 1.165) is 30.2 Å². The second-order valence-electron chi connectivity index (χ2n) is 8.93. The lowest BCUT2D eigenvalue weighted by Crippen LogP contribution is -2.49. The van der Waals surface area contributed by atoms with Crippen molar-refractivity contribution in [2.45, 2.75) is 95.8 Å².